The van der Waals surface area contributed by atoms with Gasteiger partial charge in [-0.25, -0.2) is 9.97 Å². The van der Waals surface area contributed by atoms with Gasteiger partial charge in [-0.1, -0.05) is 13.0 Å². The van der Waals surface area contributed by atoms with Gasteiger partial charge in [-0.3, -0.25) is 9.48 Å². The highest BCUT2D eigenvalue weighted by molar-refractivity contribution is 5.84. The molecule has 1 saturated heterocycles. The van der Waals surface area contributed by atoms with Crippen molar-refractivity contribution in [1.82, 2.24) is 34.9 Å². The van der Waals surface area contributed by atoms with Crippen molar-refractivity contribution in [3.05, 3.63) is 72.1 Å². The molecule has 1 aliphatic heterocycles. The number of rotatable bonds is 12. The van der Waals surface area contributed by atoms with E-state index in [1.165, 1.54) is 0 Å². The molecule has 3 aromatic rings. The van der Waals surface area contributed by atoms with Gasteiger partial charge < -0.3 is 25.2 Å². The van der Waals surface area contributed by atoms with E-state index in [0.29, 0.717) is 12.2 Å². The van der Waals surface area contributed by atoms with E-state index in [9.17, 15) is 4.79 Å². The largest absolute Gasteiger partial charge is 0.386 e. The number of carbonyl (C=O) groups is 1. The van der Waals surface area contributed by atoms with Crippen LogP contribution in [0.4, 0.5) is 5.82 Å². The number of hydrogen-bond acceptors (Lipinski definition) is 8. The summed E-state index contributed by atoms with van der Waals surface area (Å²) in [6, 6.07) is 8.16. The zero-order chi connectivity index (χ0) is 28.8. The van der Waals surface area contributed by atoms with E-state index < -0.39 is 0 Å². The van der Waals surface area contributed by atoms with Gasteiger partial charge >= 0.3 is 0 Å². The van der Waals surface area contributed by atoms with Gasteiger partial charge in [0.05, 0.1) is 34.5 Å². The molecule has 10 heteroatoms. The molecular weight excluding hydrogens is 516 g/mol. The van der Waals surface area contributed by atoms with Crippen molar-refractivity contribution in [1.29, 1.82) is 0 Å². The minimum absolute atomic E-state index is 0.281. The molecule has 5 rings (SSSR count). The maximum absolute atomic E-state index is 12.1. The van der Waals surface area contributed by atoms with E-state index >= 15 is 0 Å². The Morgan fingerprint density at radius 1 is 1.20 bits per heavy atom. The molecule has 41 heavy (non-hydrogen) atoms. The second-order valence-electron chi connectivity index (χ2n) is 10.4. The first kappa shape index (κ1) is 28.4. The first-order valence-electron chi connectivity index (χ1n) is 14.4. The third kappa shape index (κ3) is 6.43. The number of ether oxygens (including phenoxy) is 1. The predicted molar refractivity (Wildman–Crippen MR) is 162 cm³/mol. The molecule has 1 amide bonds. The number of nitrogens with zero attached hydrogens (tertiary/aromatic N) is 6. The fourth-order valence-corrected chi connectivity index (χ4v) is 5.54. The third-order valence-corrected chi connectivity index (χ3v) is 7.68. The molecule has 10 nitrogen and oxygen atoms in total. The number of fused-ring (bicyclic) bond motifs is 1. The Morgan fingerprint density at radius 3 is 2.83 bits per heavy atom. The molecule has 3 heterocycles. The number of anilines is 1. The summed E-state index contributed by atoms with van der Waals surface area (Å²) in [5, 5.41) is 12.3. The van der Waals surface area contributed by atoms with Crippen LogP contribution in [-0.4, -0.2) is 81.9 Å². The van der Waals surface area contributed by atoms with Crippen LogP contribution in [0.2, 0.25) is 0 Å². The number of benzene rings is 1. The van der Waals surface area contributed by atoms with E-state index in [4.69, 9.17) is 4.74 Å². The summed E-state index contributed by atoms with van der Waals surface area (Å²) in [6.45, 7) is 5.67. The molecule has 1 atom stereocenters. The lowest BCUT2D eigenvalue weighted by Gasteiger charge is -2.28. The van der Waals surface area contributed by atoms with E-state index in [1.807, 2.05) is 35.9 Å². The SMILES string of the molecule is CCCN(CCCN1CCCC1=O)C1=C(NC)C=C(Nc2cc(-c3ccc4c(cnn4C)c3)ncn2)C(OC)C=C1. The van der Waals surface area contributed by atoms with Gasteiger partial charge in [0.25, 0.3) is 0 Å². The van der Waals surface area contributed by atoms with Gasteiger partial charge in [0, 0.05) is 70.8 Å². The number of carbonyl (C=O) groups excluding carboxylic acids is 1. The third-order valence-electron chi connectivity index (χ3n) is 7.68. The van der Waals surface area contributed by atoms with Crippen molar-refractivity contribution in [3.8, 4) is 11.3 Å². The highest BCUT2D eigenvalue weighted by Gasteiger charge is 2.22. The van der Waals surface area contributed by atoms with Crippen molar-refractivity contribution in [2.24, 2.45) is 7.05 Å². The molecule has 1 unspecified atom stereocenters. The number of hydrogen-bond donors (Lipinski definition) is 2. The number of amides is 1. The zero-order valence-corrected chi connectivity index (χ0v) is 24.4. The highest BCUT2D eigenvalue weighted by Crippen LogP contribution is 2.26. The second-order valence-corrected chi connectivity index (χ2v) is 10.4. The average Bonchev–Trinajstić information content (AvgIpc) is 3.52. The monoisotopic (exact) mass is 556 g/mol. The topological polar surface area (TPSA) is 100 Å². The first-order chi connectivity index (χ1) is 20.0. The smallest absolute Gasteiger partial charge is 0.222 e. The summed E-state index contributed by atoms with van der Waals surface area (Å²) in [7, 11) is 5.59. The van der Waals surface area contributed by atoms with Crippen LogP contribution in [0.25, 0.3) is 22.2 Å². The molecule has 0 saturated carbocycles. The average molecular weight is 557 g/mol. The number of allylic oxidation sites excluding steroid dienone is 2. The molecule has 1 aromatic carbocycles. The maximum atomic E-state index is 12.1. The van der Waals surface area contributed by atoms with Crippen LogP contribution in [0.1, 0.15) is 32.6 Å². The van der Waals surface area contributed by atoms with Gasteiger partial charge in [0.15, 0.2) is 0 Å². The zero-order valence-electron chi connectivity index (χ0n) is 24.4. The van der Waals surface area contributed by atoms with Crippen LogP contribution in [0.15, 0.2) is 72.1 Å². The summed E-state index contributed by atoms with van der Waals surface area (Å²) in [4.78, 5) is 25.5. The van der Waals surface area contributed by atoms with Crippen molar-refractivity contribution in [3.63, 3.8) is 0 Å². The van der Waals surface area contributed by atoms with Crippen molar-refractivity contribution < 1.29 is 9.53 Å². The Bertz CT molecular complexity index is 1470. The number of likely N-dealkylation sites (N-methyl/N-ethyl adjacent to an activating group) is 1. The maximum Gasteiger partial charge on any atom is 0.222 e. The molecule has 216 valence electrons. The number of likely N-dealkylation sites (tertiary alicyclic amines) is 1. The number of aromatic nitrogens is 4. The first-order valence-corrected chi connectivity index (χ1v) is 14.4. The highest BCUT2D eigenvalue weighted by atomic mass is 16.5. The van der Waals surface area contributed by atoms with Gasteiger partial charge in [-0.05, 0) is 49.6 Å². The van der Waals surface area contributed by atoms with Crippen LogP contribution in [0, 0.1) is 0 Å². The summed E-state index contributed by atoms with van der Waals surface area (Å²) < 4.78 is 7.74. The molecule has 0 radical (unpaired) electrons. The van der Waals surface area contributed by atoms with Gasteiger partial charge in [0.1, 0.15) is 18.2 Å². The van der Waals surface area contributed by atoms with E-state index in [1.54, 1.807) is 13.4 Å². The predicted octanol–water partition coefficient (Wildman–Crippen LogP) is 4.07. The summed E-state index contributed by atoms with van der Waals surface area (Å²) in [6.07, 6.45) is 13.1. The van der Waals surface area contributed by atoms with E-state index in [2.05, 4.69) is 74.0 Å². The van der Waals surface area contributed by atoms with Crippen LogP contribution in [0.5, 0.6) is 0 Å². The fraction of sp³-hybridized carbons (Fsp3) is 0.419. The molecule has 2 aromatic heterocycles. The van der Waals surface area contributed by atoms with Crippen molar-refractivity contribution >= 4 is 22.6 Å². The van der Waals surface area contributed by atoms with Crippen LogP contribution >= 0.6 is 0 Å². The lowest BCUT2D eigenvalue weighted by Crippen LogP contribution is -2.32. The Labute approximate surface area is 241 Å². The van der Waals surface area contributed by atoms with Gasteiger partial charge in [-0.2, -0.15) is 5.10 Å². The van der Waals surface area contributed by atoms with Crippen molar-refractivity contribution in [2.75, 3.05) is 45.7 Å². The van der Waals surface area contributed by atoms with Gasteiger partial charge in [-0.15, -0.1) is 0 Å². The quantitative estimate of drug-likeness (QED) is 0.345. The summed E-state index contributed by atoms with van der Waals surface area (Å²) >= 11 is 0. The molecule has 1 fully saturated rings. The number of aryl methyl sites for hydroxylation is 1. The Kier molecular flexibility index (Phi) is 8.98. The normalized spacial score (nSPS) is 17.3. The Hall–Kier alpha value is -4.18. The summed E-state index contributed by atoms with van der Waals surface area (Å²) in [5.74, 6) is 0.964. The Morgan fingerprint density at radius 2 is 2.07 bits per heavy atom. The number of nitrogens with one attached hydrogen (secondary N) is 2. The lowest BCUT2D eigenvalue weighted by molar-refractivity contribution is -0.127. The number of methoxy groups -OCH3 is 1. The minimum Gasteiger partial charge on any atom is -0.386 e. The lowest BCUT2D eigenvalue weighted by atomic mass is 10.1. The Balaban J connectivity index is 1.38. The van der Waals surface area contributed by atoms with E-state index in [0.717, 1.165) is 84.7 Å². The molecule has 2 aliphatic rings. The van der Waals surface area contributed by atoms with E-state index in [-0.39, 0.29) is 12.0 Å². The molecule has 0 spiro atoms. The molecule has 0 bridgehead atoms. The van der Waals surface area contributed by atoms with Crippen LogP contribution < -0.4 is 10.6 Å². The summed E-state index contributed by atoms with van der Waals surface area (Å²) in [5.41, 5.74) is 5.86. The van der Waals surface area contributed by atoms with Crippen LogP contribution in [0.3, 0.4) is 0 Å². The minimum atomic E-state index is -0.285. The molecule has 1 aliphatic carbocycles. The molecular formula is C31H40N8O2. The van der Waals surface area contributed by atoms with Crippen LogP contribution in [-0.2, 0) is 16.6 Å². The second kappa shape index (κ2) is 13.0. The fourth-order valence-electron chi connectivity index (χ4n) is 5.54. The standard InChI is InChI=1S/C31H40N8O2/c1-5-13-38(15-7-16-39-14-6-8-31(39)40)28-11-12-29(41-4)26(18-25(28)32-2)36-30-19-24(33-21-34-30)22-9-10-27-23(17-22)20-35-37(27)3/h9-12,17-21,29,32H,5-8,13-16H2,1-4H3,(H,33,34,36). The van der Waals surface area contributed by atoms with Crippen molar-refractivity contribution in [2.45, 2.75) is 38.7 Å². The molecule has 2 N–H and O–H groups in total. The van der Waals surface area contributed by atoms with Gasteiger partial charge in [0.2, 0.25) is 5.91 Å².